The van der Waals surface area contributed by atoms with E-state index in [0.717, 1.165) is 17.0 Å². The summed E-state index contributed by atoms with van der Waals surface area (Å²) in [5.41, 5.74) is 0.579. The second kappa shape index (κ2) is 4.90. The maximum Gasteiger partial charge on any atom is 0.336 e. The lowest BCUT2D eigenvalue weighted by Gasteiger charge is -2.15. The number of amides is 3. The third kappa shape index (κ3) is 2.07. The molecule has 1 aromatic rings. The number of carbonyl (C=O) groups excluding carboxylic acids is 2. The summed E-state index contributed by atoms with van der Waals surface area (Å²) < 4.78 is 14.1. The van der Waals surface area contributed by atoms with Gasteiger partial charge in [0.2, 0.25) is 0 Å². The normalized spacial score (nSPS) is 15.3. The first-order valence-electron chi connectivity index (χ1n) is 5.73. The second-order valence-electron chi connectivity index (χ2n) is 4.59. The number of nitrogens with zero attached hydrogens (tertiary/aromatic N) is 2. The fraction of sp³-hybridized carbons (Fsp3) is 0.231. The van der Waals surface area contributed by atoms with Gasteiger partial charge in [0.25, 0.3) is 5.91 Å². The Labute approximate surface area is 123 Å². The summed E-state index contributed by atoms with van der Waals surface area (Å²) >= 11 is 2.97. The number of hydrogen-bond donors (Lipinski definition) is 1. The molecule has 0 radical (unpaired) electrons. The van der Waals surface area contributed by atoms with Crippen molar-refractivity contribution in [2.45, 2.75) is 13.8 Å². The molecule has 1 aromatic carbocycles. The van der Waals surface area contributed by atoms with Crippen LogP contribution in [0.25, 0.3) is 0 Å². The molecule has 1 fully saturated rings. The highest BCUT2D eigenvalue weighted by molar-refractivity contribution is 9.10. The number of imide groups is 1. The van der Waals surface area contributed by atoms with Gasteiger partial charge in [0, 0.05) is 13.1 Å². The van der Waals surface area contributed by atoms with E-state index in [2.05, 4.69) is 15.9 Å². The molecule has 7 heteroatoms. The summed E-state index contributed by atoms with van der Waals surface area (Å²) in [5.74, 6) is -1.65. The molecule has 0 aliphatic carbocycles. The van der Waals surface area contributed by atoms with Crippen LogP contribution >= 0.6 is 15.9 Å². The van der Waals surface area contributed by atoms with Crippen LogP contribution in [0.5, 0.6) is 5.75 Å². The van der Waals surface area contributed by atoms with Crippen molar-refractivity contribution >= 4 is 33.6 Å². The van der Waals surface area contributed by atoms with Crippen LogP contribution in [0.3, 0.4) is 0 Å². The van der Waals surface area contributed by atoms with Crippen molar-refractivity contribution in [1.82, 2.24) is 4.90 Å². The Hall–Kier alpha value is -1.89. The Balaban J connectivity index is 2.60. The zero-order valence-electron chi connectivity index (χ0n) is 11.1. The molecule has 0 atom stereocenters. The number of phenols is 1. The summed E-state index contributed by atoms with van der Waals surface area (Å²) in [6, 6.07) is 1.38. The monoisotopic (exact) mass is 342 g/mol. The van der Waals surface area contributed by atoms with Gasteiger partial charge in [-0.2, -0.15) is 0 Å². The van der Waals surface area contributed by atoms with E-state index in [1.807, 2.05) is 0 Å². The van der Waals surface area contributed by atoms with Gasteiger partial charge in [-0.1, -0.05) is 0 Å². The number of allylic oxidation sites excluding steroid dienone is 1. The maximum atomic E-state index is 14.0. The summed E-state index contributed by atoms with van der Waals surface area (Å²) in [7, 11) is 1.44. The van der Waals surface area contributed by atoms with Crippen molar-refractivity contribution in [3.8, 4) is 5.75 Å². The standard InChI is InChI=1S/C13H12BrFN2O3/c1-6(2)11-12(19)17(13(20)16(11)3)9-5-10(18)7(14)4-8(9)15/h4-5,18H,1-3H3. The van der Waals surface area contributed by atoms with Crippen molar-refractivity contribution in [3.63, 3.8) is 0 Å². The minimum absolute atomic E-state index is 0.147. The van der Waals surface area contributed by atoms with E-state index in [4.69, 9.17) is 0 Å². The minimum Gasteiger partial charge on any atom is -0.507 e. The molecule has 1 heterocycles. The smallest absolute Gasteiger partial charge is 0.336 e. The van der Waals surface area contributed by atoms with Crippen LogP contribution in [0.4, 0.5) is 14.9 Å². The van der Waals surface area contributed by atoms with Crippen molar-refractivity contribution in [3.05, 3.63) is 33.7 Å². The fourth-order valence-corrected chi connectivity index (χ4v) is 2.36. The number of benzene rings is 1. The highest BCUT2D eigenvalue weighted by atomic mass is 79.9. The fourth-order valence-electron chi connectivity index (χ4n) is 2.04. The SMILES string of the molecule is CC(C)=C1C(=O)N(c2cc(O)c(Br)cc2F)C(=O)N1C. The Morgan fingerprint density at radius 2 is 1.90 bits per heavy atom. The average Bonchev–Trinajstić information content (AvgIpc) is 2.56. The third-order valence-electron chi connectivity index (χ3n) is 2.95. The van der Waals surface area contributed by atoms with Gasteiger partial charge in [-0.05, 0) is 41.4 Å². The number of halogens is 2. The van der Waals surface area contributed by atoms with Crippen LogP contribution in [-0.4, -0.2) is 29.0 Å². The number of anilines is 1. The van der Waals surface area contributed by atoms with Gasteiger partial charge < -0.3 is 5.11 Å². The number of rotatable bonds is 1. The lowest BCUT2D eigenvalue weighted by atomic mass is 10.2. The molecule has 0 saturated carbocycles. The second-order valence-corrected chi connectivity index (χ2v) is 5.44. The average molecular weight is 343 g/mol. The van der Waals surface area contributed by atoms with Gasteiger partial charge in [-0.25, -0.2) is 14.1 Å². The first kappa shape index (κ1) is 14.5. The number of aromatic hydroxyl groups is 1. The Bertz CT molecular complexity index is 653. The molecule has 0 aromatic heterocycles. The van der Waals surface area contributed by atoms with Gasteiger partial charge in [-0.3, -0.25) is 9.69 Å². The first-order chi connectivity index (χ1) is 9.25. The van der Waals surface area contributed by atoms with Crippen LogP contribution in [0.15, 0.2) is 27.9 Å². The minimum atomic E-state index is -0.778. The maximum absolute atomic E-state index is 14.0. The van der Waals surface area contributed by atoms with E-state index in [1.165, 1.54) is 7.05 Å². The van der Waals surface area contributed by atoms with Crippen molar-refractivity contribution in [2.75, 3.05) is 11.9 Å². The van der Waals surface area contributed by atoms with E-state index in [1.54, 1.807) is 13.8 Å². The van der Waals surface area contributed by atoms with Gasteiger partial charge in [0.05, 0.1) is 10.2 Å². The number of carbonyl (C=O) groups is 2. The lowest BCUT2D eigenvalue weighted by molar-refractivity contribution is -0.114. The van der Waals surface area contributed by atoms with E-state index >= 15 is 0 Å². The van der Waals surface area contributed by atoms with Crippen LogP contribution < -0.4 is 4.90 Å². The van der Waals surface area contributed by atoms with Gasteiger partial charge in [0.15, 0.2) is 0 Å². The van der Waals surface area contributed by atoms with Gasteiger partial charge >= 0.3 is 6.03 Å². The summed E-state index contributed by atoms with van der Waals surface area (Å²) in [5, 5.41) is 9.61. The van der Waals surface area contributed by atoms with Gasteiger partial charge in [0.1, 0.15) is 17.3 Å². The molecule has 1 aliphatic rings. The van der Waals surface area contributed by atoms with Gasteiger partial charge in [-0.15, -0.1) is 0 Å². The molecule has 1 N–H and O–H groups in total. The predicted octanol–water partition coefficient (Wildman–Crippen LogP) is 2.99. The highest BCUT2D eigenvalue weighted by Crippen LogP contribution is 2.35. The molecule has 1 saturated heterocycles. The number of urea groups is 1. The zero-order chi connectivity index (χ0) is 15.2. The molecule has 2 rings (SSSR count). The summed E-state index contributed by atoms with van der Waals surface area (Å²) in [6.45, 7) is 3.38. The number of likely N-dealkylation sites (N-methyl/N-ethyl adjacent to an activating group) is 1. The molecule has 1 aliphatic heterocycles. The van der Waals surface area contributed by atoms with Crippen molar-refractivity contribution in [2.24, 2.45) is 0 Å². The Morgan fingerprint density at radius 1 is 1.30 bits per heavy atom. The molecular weight excluding hydrogens is 331 g/mol. The van der Waals surface area contributed by atoms with Crippen molar-refractivity contribution < 1.29 is 19.1 Å². The van der Waals surface area contributed by atoms with Crippen LogP contribution in [-0.2, 0) is 4.79 Å². The molecule has 106 valence electrons. The topological polar surface area (TPSA) is 60.9 Å². The van der Waals surface area contributed by atoms with Crippen LogP contribution in [0, 0.1) is 5.82 Å². The molecule has 0 unspecified atom stereocenters. The summed E-state index contributed by atoms with van der Waals surface area (Å²) in [4.78, 5) is 26.3. The highest BCUT2D eigenvalue weighted by Gasteiger charge is 2.41. The molecule has 5 nitrogen and oxygen atoms in total. The quantitative estimate of drug-likeness (QED) is 0.630. The third-order valence-corrected chi connectivity index (χ3v) is 3.59. The number of phenolic OH excluding ortho intramolecular Hbond substituents is 1. The largest absolute Gasteiger partial charge is 0.507 e. The molecule has 0 spiro atoms. The molecule has 3 amide bonds. The molecule has 20 heavy (non-hydrogen) atoms. The van der Waals surface area contributed by atoms with E-state index in [-0.39, 0.29) is 21.6 Å². The summed E-state index contributed by atoms with van der Waals surface area (Å²) in [6.07, 6.45) is 0. The lowest BCUT2D eigenvalue weighted by Crippen LogP contribution is -2.32. The predicted molar refractivity (Wildman–Crippen MR) is 74.8 cm³/mol. The Kier molecular flexibility index (Phi) is 3.56. The Morgan fingerprint density at radius 3 is 2.40 bits per heavy atom. The van der Waals surface area contributed by atoms with E-state index in [9.17, 15) is 19.1 Å². The first-order valence-corrected chi connectivity index (χ1v) is 6.52. The van der Waals surface area contributed by atoms with Crippen LogP contribution in [0.2, 0.25) is 0 Å². The van der Waals surface area contributed by atoms with Crippen molar-refractivity contribution in [1.29, 1.82) is 0 Å². The zero-order valence-corrected chi connectivity index (χ0v) is 12.7. The van der Waals surface area contributed by atoms with E-state index in [0.29, 0.717) is 10.5 Å². The number of hydrogen-bond acceptors (Lipinski definition) is 3. The van der Waals surface area contributed by atoms with E-state index < -0.39 is 17.8 Å². The van der Waals surface area contributed by atoms with Crippen LogP contribution in [0.1, 0.15) is 13.8 Å². The molecule has 0 bridgehead atoms. The molecular formula is C13H12BrFN2O3.